The minimum absolute atomic E-state index is 0.0965. The normalized spacial score (nSPS) is 11.7. The highest BCUT2D eigenvalue weighted by molar-refractivity contribution is 7.91. The van der Waals surface area contributed by atoms with Crippen LogP contribution in [0, 0.1) is 0 Å². The van der Waals surface area contributed by atoms with E-state index < -0.39 is 10.0 Å². The van der Waals surface area contributed by atoms with Gasteiger partial charge in [-0.2, -0.15) is 5.10 Å². The summed E-state index contributed by atoms with van der Waals surface area (Å²) in [4.78, 5) is 12.2. The molecule has 0 aliphatic carbocycles. The topological polar surface area (TPSA) is 84.3 Å². The van der Waals surface area contributed by atoms with Crippen molar-refractivity contribution in [2.45, 2.75) is 30.1 Å². The number of aromatic nitrogens is 2. The van der Waals surface area contributed by atoms with Gasteiger partial charge in [-0.05, 0) is 35.1 Å². The second-order valence-electron chi connectivity index (χ2n) is 6.61. The highest BCUT2D eigenvalue weighted by Crippen LogP contribution is 2.20. The SMILES string of the molecule is CN(CCCC(=O)NCc1ccccc1Cn1cccn1)S(=O)(=O)c1cccs1. The van der Waals surface area contributed by atoms with E-state index in [0.29, 0.717) is 30.3 Å². The summed E-state index contributed by atoms with van der Waals surface area (Å²) in [5.41, 5.74) is 2.13. The van der Waals surface area contributed by atoms with Crippen LogP contribution in [0.4, 0.5) is 0 Å². The Morgan fingerprint density at radius 3 is 2.66 bits per heavy atom. The van der Waals surface area contributed by atoms with Crippen molar-refractivity contribution in [2.75, 3.05) is 13.6 Å². The molecule has 3 aromatic rings. The van der Waals surface area contributed by atoms with Crippen molar-refractivity contribution in [3.05, 3.63) is 71.4 Å². The molecule has 29 heavy (non-hydrogen) atoms. The Morgan fingerprint density at radius 2 is 1.97 bits per heavy atom. The molecule has 0 unspecified atom stereocenters. The molecule has 154 valence electrons. The molecule has 0 bridgehead atoms. The van der Waals surface area contributed by atoms with Crippen molar-refractivity contribution >= 4 is 27.3 Å². The molecule has 9 heteroatoms. The molecule has 0 atom stereocenters. The van der Waals surface area contributed by atoms with Crippen LogP contribution in [0.25, 0.3) is 0 Å². The monoisotopic (exact) mass is 432 g/mol. The van der Waals surface area contributed by atoms with Crippen molar-refractivity contribution < 1.29 is 13.2 Å². The van der Waals surface area contributed by atoms with Gasteiger partial charge in [0.25, 0.3) is 10.0 Å². The van der Waals surface area contributed by atoms with Crippen molar-refractivity contribution in [1.82, 2.24) is 19.4 Å². The van der Waals surface area contributed by atoms with Gasteiger partial charge in [-0.25, -0.2) is 12.7 Å². The third-order valence-electron chi connectivity index (χ3n) is 4.52. The number of nitrogens with zero attached hydrogens (tertiary/aromatic N) is 3. The maximum Gasteiger partial charge on any atom is 0.252 e. The highest BCUT2D eigenvalue weighted by Gasteiger charge is 2.21. The van der Waals surface area contributed by atoms with E-state index in [0.717, 1.165) is 11.1 Å². The van der Waals surface area contributed by atoms with Gasteiger partial charge in [0, 0.05) is 39.0 Å². The number of thiophene rings is 1. The van der Waals surface area contributed by atoms with Crippen LogP contribution in [0.2, 0.25) is 0 Å². The first kappa shape index (κ1) is 21.2. The fraction of sp³-hybridized carbons (Fsp3) is 0.300. The van der Waals surface area contributed by atoms with E-state index in [9.17, 15) is 13.2 Å². The average molecular weight is 433 g/mol. The van der Waals surface area contributed by atoms with Crippen LogP contribution >= 0.6 is 11.3 Å². The van der Waals surface area contributed by atoms with Gasteiger partial charge in [-0.3, -0.25) is 9.48 Å². The number of amides is 1. The summed E-state index contributed by atoms with van der Waals surface area (Å²) in [5, 5.41) is 8.88. The summed E-state index contributed by atoms with van der Waals surface area (Å²) in [6.45, 7) is 1.37. The minimum atomic E-state index is -3.47. The summed E-state index contributed by atoms with van der Waals surface area (Å²) >= 11 is 1.19. The molecule has 1 amide bonds. The van der Waals surface area contributed by atoms with Crippen molar-refractivity contribution in [3.63, 3.8) is 0 Å². The Morgan fingerprint density at radius 1 is 1.17 bits per heavy atom. The number of sulfonamides is 1. The summed E-state index contributed by atoms with van der Waals surface area (Å²) < 4.78 is 28.2. The lowest BCUT2D eigenvalue weighted by Crippen LogP contribution is -2.29. The first-order chi connectivity index (χ1) is 14.0. The Balaban J connectivity index is 1.46. The lowest BCUT2D eigenvalue weighted by molar-refractivity contribution is -0.121. The predicted octanol–water partition coefficient (Wildman–Crippen LogP) is 2.71. The van der Waals surface area contributed by atoms with E-state index >= 15 is 0 Å². The molecular weight excluding hydrogens is 408 g/mol. The lowest BCUT2D eigenvalue weighted by atomic mass is 10.1. The molecule has 1 aromatic carbocycles. The van der Waals surface area contributed by atoms with Gasteiger partial charge in [0.2, 0.25) is 5.91 Å². The van der Waals surface area contributed by atoms with Gasteiger partial charge in [-0.1, -0.05) is 30.3 Å². The van der Waals surface area contributed by atoms with Gasteiger partial charge in [-0.15, -0.1) is 11.3 Å². The molecule has 0 fully saturated rings. The predicted molar refractivity (Wildman–Crippen MR) is 113 cm³/mol. The van der Waals surface area contributed by atoms with Crippen LogP contribution in [0.5, 0.6) is 0 Å². The number of rotatable bonds is 10. The van der Waals surface area contributed by atoms with Crippen LogP contribution in [0.1, 0.15) is 24.0 Å². The zero-order chi connectivity index (χ0) is 20.7. The van der Waals surface area contributed by atoms with Gasteiger partial charge in [0.1, 0.15) is 4.21 Å². The van der Waals surface area contributed by atoms with Gasteiger partial charge in [0.05, 0.1) is 6.54 Å². The van der Waals surface area contributed by atoms with Crippen molar-refractivity contribution in [3.8, 4) is 0 Å². The molecule has 2 heterocycles. The van der Waals surface area contributed by atoms with E-state index in [2.05, 4.69) is 10.4 Å². The van der Waals surface area contributed by atoms with E-state index in [1.54, 1.807) is 30.8 Å². The van der Waals surface area contributed by atoms with Gasteiger partial charge in [0.15, 0.2) is 0 Å². The number of nitrogens with one attached hydrogen (secondary N) is 1. The molecule has 0 aliphatic rings. The zero-order valence-corrected chi connectivity index (χ0v) is 17.8. The molecule has 1 N–H and O–H groups in total. The molecule has 7 nitrogen and oxygen atoms in total. The van der Waals surface area contributed by atoms with E-state index in [1.807, 2.05) is 41.2 Å². The maximum absolute atomic E-state index is 12.4. The molecule has 2 aromatic heterocycles. The number of hydrogen-bond donors (Lipinski definition) is 1. The van der Waals surface area contributed by atoms with Crippen LogP contribution in [-0.2, 0) is 27.9 Å². The molecular formula is C20H24N4O3S2. The molecule has 0 saturated carbocycles. The lowest BCUT2D eigenvalue weighted by Gasteiger charge is -2.16. The molecule has 0 radical (unpaired) electrons. The molecule has 0 saturated heterocycles. The van der Waals surface area contributed by atoms with E-state index in [-0.39, 0.29) is 12.3 Å². The first-order valence-electron chi connectivity index (χ1n) is 9.27. The van der Waals surface area contributed by atoms with E-state index in [4.69, 9.17) is 0 Å². The fourth-order valence-electron chi connectivity index (χ4n) is 2.88. The molecule has 0 spiro atoms. The average Bonchev–Trinajstić information content (AvgIpc) is 3.41. The Kier molecular flexibility index (Phi) is 7.18. The highest BCUT2D eigenvalue weighted by atomic mass is 32.2. The van der Waals surface area contributed by atoms with Crippen LogP contribution in [0.3, 0.4) is 0 Å². The second kappa shape index (κ2) is 9.82. The molecule has 0 aliphatic heterocycles. The number of carbonyl (C=O) groups excluding carboxylic acids is 1. The Bertz CT molecular complexity index is 1020. The number of hydrogen-bond acceptors (Lipinski definition) is 5. The summed E-state index contributed by atoms with van der Waals surface area (Å²) in [6.07, 6.45) is 4.36. The maximum atomic E-state index is 12.4. The van der Waals surface area contributed by atoms with Gasteiger partial charge >= 0.3 is 0 Å². The zero-order valence-electron chi connectivity index (χ0n) is 16.2. The standard InChI is InChI=1S/C20H24N4O3S2/c1-23(29(26,27)20-10-5-14-28-20)12-4-9-19(25)21-15-17-7-2-3-8-18(17)16-24-13-6-11-22-24/h2-3,5-8,10-11,13-14H,4,9,12,15-16H2,1H3,(H,21,25). The third kappa shape index (κ3) is 5.75. The summed E-state index contributed by atoms with van der Waals surface area (Å²) in [6, 6.07) is 13.1. The smallest absolute Gasteiger partial charge is 0.252 e. The summed E-state index contributed by atoms with van der Waals surface area (Å²) in [5.74, 6) is -0.0965. The fourth-order valence-corrected chi connectivity index (χ4v) is 5.29. The van der Waals surface area contributed by atoms with Crippen molar-refractivity contribution in [2.24, 2.45) is 0 Å². The second-order valence-corrected chi connectivity index (χ2v) is 9.83. The van der Waals surface area contributed by atoms with E-state index in [1.165, 1.54) is 15.6 Å². The Hall–Kier alpha value is -2.49. The Labute approximate surface area is 175 Å². The van der Waals surface area contributed by atoms with Crippen LogP contribution < -0.4 is 5.32 Å². The third-order valence-corrected chi connectivity index (χ3v) is 7.75. The van der Waals surface area contributed by atoms with Crippen molar-refractivity contribution in [1.29, 1.82) is 0 Å². The van der Waals surface area contributed by atoms with Gasteiger partial charge < -0.3 is 5.32 Å². The van der Waals surface area contributed by atoms with Crippen LogP contribution in [0.15, 0.2) is 64.4 Å². The quantitative estimate of drug-likeness (QED) is 0.534. The minimum Gasteiger partial charge on any atom is -0.352 e. The molecule has 3 rings (SSSR count). The largest absolute Gasteiger partial charge is 0.352 e. The number of benzene rings is 1. The van der Waals surface area contributed by atoms with Crippen LogP contribution in [-0.4, -0.2) is 42.0 Å². The summed E-state index contributed by atoms with van der Waals surface area (Å²) in [7, 11) is -1.93. The number of carbonyl (C=O) groups is 1. The first-order valence-corrected chi connectivity index (χ1v) is 11.6.